The zero-order valence-electron chi connectivity index (χ0n) is 13.6. The van der Waals surface area contributed by atoms with Gasteiger partial charge in [-0.1, -0.05) is 20.8 Å². The van der Waals surface area contributed by atoms with Crippen molar-refractivity contribution in [2.45, 2.75) is 59.0 Å². The number of imidazole rings is 1. The Kier molecular flexibility index (Phi) is 5.17. The third kappa shape index (κ3) is 3.18. The summed E-state index contributed by atoms with van der Waals surface area (Å²) in [4.78, 5) is 4.38. The number of hydrogen-bond acceptors (Lipinski definition) is 3. The minimum atomic E-state index is 0.0943. The quantitative estimate of drug-likeness (QED) is 0.851. The fourth-order valence-electron chi connectivity index (χ4n) is 2.86. The van der Waals surface area contributed by atoms with Gasteiger partial charge in [-0.05, 0) is 19.3 Å². The van der Waals surface area contributed by atoms with Crippen molar-refractivity contribution >= 4 is 0 Å². The number of nitrogens with two attached hydrogens (primary N) is 1. The van der Waals surface area contributed by atoms with Crippen molar-refractivity contribution in [3.8, 4) is 0 Å². The molecule has 2 N–H and O–H groups in total. The third-order valence-electron chi connectivity index (χ3n) is 4.12. The maximum atomic E-state index is 6.31. The van der Waals surface area contributed by atoms with Crippen molar-refractivity contribution in [2.24, 2.45) is 12.8 Å². The lowest BCUT2D eigenvalue weighted by molar-refractivity contribution is 0.559. The van der Waals surface area contributed by atoms with E-state index in [1.807, 2.05) is 19.4 Å². The van der Waals surface area contributed by atoms with Crippen LogP contribution in [-0.2, 0) is 32.9 Å². The van der Waals surface area contributed by atoms with Crippen molar-refractivity contribution in [1.29, 1.82) is 0 Å². The fourth-order valence-corrected chi connectivity index (χ4v) is 2.86. The van der Waals surface area contributed by atoms with Gasteiger partial charge in [-0.25, -0.2) is 4.98 Å². The second-order valence-electron chi connectivity index (χ2n) is 5.46. The number of nitrogens with zero attached hydrogens (tertiary/aromatic N) is 4. The average Bonchev–Trinajstić information content (AvgIpc) is 3.06. The molecule has 2 rings (SSSR count). The summed E-state index contributed by atoms with van der Waals surface area (Å²) >= 11 is 0. The minimum Gasteiger partial charge on any atom is -0.338 e. The maximum absolute atomic E-state index is 6.31. The fraction of sp³-hybridized carbons (Fsp3) is 0.625. The predicted octanol–water partition coefficient (Wildman–Crippen LogP) is 2.39. The van der Waals surface area contributed by atoms with Gasteiger partial charge >= 0.3 is 0 Å². The summed E-state index contributed by atoms with van der Waals surface area (Å²) in [7, 11) is 2.03. The topological polar surface area (TPSA) is 61.7 Å². The Morgan fingerprint density at radius 3 is 2.52 bits per heavy atom. The minimum absolute atomic E-state index is 0.0943. The van der Waals surface area contributed by atoms with Crippen LogP contribution in [0.1, 0.15) is 56.0 Å². The molecule has 1 atom stereocenters. The molecule has 0 aliphatic rings. The lowest BCUT2D eigenvalue weighted by Crippen LogP contribution is -2.14. The summed E-state index contributed by atoms with van der Waals surface area (Å²) < 4.78 is 4.20. The van der Waals surface area contributed by atoms with E-state index < -0.39 is 0 Å². The van der Waals surface area contributed by atoms with Crippen LogP contribution >= 0.6 is 0 Å². The summed E-state index contributed by atoms with van der Waals surface area (Å²) in [6.07, 6.45) is 7.57. The molecular formula is C16H27N5. The van der Waals surface area contributed by atoms with Crippen LogP contribution in [0.4, 0.5) is 0 Å². The van der Waals surface area contributed by atoms with Gasteiger partial charge in [0.1, 0.15) is 5.82 Å². The SMILES string of the molecule is CCc1nn(CCc2nccn2C)c(CC)c1C(N)CC. The van der Waals surface area contributed by atoms with Crippen molar-refractivity contribution in [2.75, 3.05) is 0 Å². The van der Waals surface area contributed by atoms with E-state index in [0.717, 1.165) is 43.7 Å². The van der Waals surface area contributed by atoms with E-state index in [9.17, 15) is 0 Å². The first-order chi connectivity index (χ1) is 10.1. The number of rotatable bonds is 7. The van der Waals surface area contributed by atoms with Crippen LogP contribution in [0.15, 0.2) is 12.4 Å². The van der Waals surface area contributed by atoms with Gasteiger partial charge in [0.05, 0.1) is 5.69 Å². The Morgan fingerprint density at radius 1 is 1.24 bits per heavy atom. The van der Waals surface area contributed by atoms with Crippen molar-refractivity contribution in [3.63, 3.8) is 0 Å². The van der Waals surface area contributed by atoms with Crippen LogP contribution in [0.3, 0.4) is 0 Å². The van der Waals surface area contributed by atoms with Gasteiger partial charge in [0.25, 0.3) is 0 Å². The van der Waals surface area contributed by atoms with Crippen LogP contribution in [0.2, 0.25) is 0 Å². The van der Waals surface area contributed by atoms with Crippen LogP contribution in [0.25, 0.3) is 0 Å². The molecule has 0 spiro atoms. The molecule has 2 aromatic rings. The Morgan fingerprint density at radius 2 is 2.00 bits per heavy atom. The Bertz CT molecular complexity index is 582. The van der Waals surface area contributed by atoms with Crippen LogP contribution in [0.5, 0.6) is 0 Å². The van der Waals surface area contributed by atoms with Crippen LogP contribution in [-0.4, -0.2) is 19.3 Å². The number of aromatic nitrogens is 4. The maximum Gasteiger partial charge on any atom is 0.110 e. The van der Waals surface area contributed by atoms with Crippen LogP contribution in [0, 0.1) is 0 Å². The highest BCUT2D eigenvalue weighted by Gasteiger charge is 2.19. The average molecular weight is 289 g/mol. The van der Waals surface area contributed by atoms with Gasteiger partial charge in [0.2, 0.25) is 0 Å². The van der Waals surface area contributed by atoms with E-state index in [4.69, 9.17) is 10.8 Å². The highest BCUT2D eigenvalue weighted by molar-refractivity contribution is 5.30. The van der Waals surface area contributed by atoms with Gasteiger partial charge in [0, 0.05) is 49.7 Å². The summed E-state index contributed by atoms with van der Waals surface area (Å²) in [5, 5.41) is 4.80. The molecule has 2 aromatic heterocycles. The van der Waals surface area contributed by atoms with Crippen molar-refractivity contribution in [1.82, 2.24) is 19.3 Å². The molecular weight excluding hydrogens is 262 g/mol. The van der Waals surface area contributed by atoms with Crippen LogP contribution < -0.4 is 5.73 Å². The molecule has 116 valence electrons. The molecule has 0 aromatic carbocycles. The highest BCUT2D eigenvalue weighted by Crippen LogP contribution is 2.24. The Hall–Kier alpha value is -1.62. The molecule has 5 heteroatoms. The first-order valence-corrected chi connectivity index (χ1v) is 7.92. The van der Waals surface area contributed by atoms with Gasteiger partial charge in [-0.15, -0.1) is 0 Å². The lowest BCUT2D eigenvalue weighted by Gasteiger charge is -2.12. The van der Waals surface area contributed by atoms with Gasteiger partial charge < -0.3 is 10.3 Å². The summed E-state index contributed by atoms with van der Waals surface area (Å²) in [5.74, 6) is 1.09. The molecule has 0 saturated heterocycles. The van der Waals surface area contributed by atoms with E-state index in [1.54, 1.807) is 0 Å². The van der Waals surface area contributed by atoms with E-state index in [1.165, 1.54) is 11.3 Å². The van der Waals surface area contributed by atoms with Gasteiger partial charge in [0.15, 0.2) is 0 Å². The zero-order valence-corrected chi connectivity index (χ0v) is 13.6. The molecule has 2 heterocycles. The zero-order chi connectivity index (χ0) is 15.4. The Balaban J connectivity index is 2.26. The standard InChI is InChI=1S/C16H27N5/c1-5-12(17)16-13(6-2)19-21(14(16)7-3)10-8-15-18-9-11-20(15)4/h9,11-12H,5-8,10,17H2,1-4H3. The number of aryl methyl sites for hydroxylation is 4. The first-order valence-electron chi connectivity index (χ1n) is 7.92. The molecule has 0 saturated carbocycles. The number of hydrogen-bond donors (Lipinski definition) is 1. The molecule has 0 aliphatic carbocycles. The predicted molar refractivity (Wildman–Crippen MR) is 85.1 cm³/mol. The van der Waals surface area contributed by atoms with Gasteiger partial charge in [-0.2, -0.15) is 5.10 Å². The van der Waals surface area contributed by atoms with E-state index >= 15 is 0 Å². The van der Waals surface area contributed by atoms with Gasteiger partial charge in [-0.3, -0.25) is 4.68 Å². The van der Waals surface area contributed by atoms with Crippen molar-refractivity contribution < 1.29 is 0 Å². The molecule has 0 amide bonds. The smallest absolute Gasteiger partial charge is 0.110 e. The van der Waals surface area contributed by atoms with E-state index in [0.29, 0.717) is 0 Å². The summed E-state index contributed by atoms with van der Waals surface area (Å²) in [6, 6.07) is 0.0943. The highest BCUT2D eigenvalue weighted by atomic mass is 15.3. The lowest BCUT2D eigenvalue weighted by atomic mass is 10.00. The third-order valence-corrected chi connectivity index (χ3v) is 4.12. The molecule has 0 bridgehead atoms. The van der Waals surface area contributed by atoms with Crippen molar-refractivity contribution in [3.05, 3.63) is 35.2 Å². The molecule has 0 aliphatic heterocycles. The van der Waals surface area contributed by atoms with E-state index in [-0.39, 0.29) is 6.04 Å². The molecule has 21 heavy (non-hydrogen) atoms. The normalized spacial score (nSPS) is 12.8. The first kappa shape index (κ1) is 15.8. The largest absolute Gasteiger partial charge is 0.338 e. The van der Waals surface area contributed by atoms with E-state index in [2.05, 4.69) is 35.0 Å². The second kappa shape index (κ2) is 6.89. The monoisotopic (exact) mass is 289 g/mol. The molecule has 0 radical (unpaired) electrons. The molecule has 0 fully saturated rings. The molecule has 5 nitrogen and oxygen atoms in total. The molecule has 1 unspecified atom stereocenters. The summed E-state index contributed by atoms with van der Waals surface area (Å²) in [6.45, 7) is 7.32. The summed E-state index contributed by atoms with van der Waals surface area (Å²) in [5.41, 5.74) is 10.0. The Labute approximate surface area is 127 Å². The second-order valence-corrected chi connectivity index (χ2v) is 5.46.